The molecule has 2 atom stereocenters. The van der Waals surface area contributed by atoms with Gasteiger partial charge in [-0.15, -0.1) is 0 Å². The minimum Gasteiger partial charge on any atom is -0.341 e. The highest BCUT2D eigenvalue weighted by Crippen LogP contribution is 2.36. The summed E-state index contributed by atoms with van der Waals surface area (Å²) >= 11 is 11.9. The maximum absolute atomic E-state index is 12.7. The molecule has 3 amide bonds. The topological polar surface area (TPSA) is 57.7 Å². The SMILES string of the molecule is O=C(CN1C(=O)c2cc(Cl)c(Cl)cc2C1=O)N1CC[C@H]2CCCC[C@@H]2C1. The Morgan fingerprint density at radius 2 is 1.54 bits per heavy atom. The highest BCUT2D eigenvalue weighted by Gasteiger charge is 2.39. The number of carbonyl (C=O) groups is 3. The van der Waals surface area contributed by atoms with Gasteiger partial charge in [0.25, 0.3) is 11.8 Å². The van der Waals surface area contributed by atoms with Crippen molar-refractivity contribution in [3.8, 4) is 0 Å². The Hall–Kier alpha value is -1.59. The van der Waals surface area contributed by atoms with Crippen molar-refractivity contribution in [2.75, 3.05) is 19.6 Å². The highest BCUT2D eigenvalue weighted by molar-refractivity contribution is 6.43. The number of benzene rings is 1. The van der Waals surface area contributed by atoms with Gasteiger partial charge in [0.1, 0.15) is 6.54 Å². The van der Waals surface area contributed by atoms with Gasteiger partial charge in [0, 0.05) is 13.1 Å². The van der Waals surface area contributed by atoms with Gasteiger partial charge in [-0.05, 0) is 36.8 Å². The van der Waals surface area contributed by atoms with Crippen molar-refractivity contribution in [3.05, 3.63) is 33.3 Å². The molecule has 138 valence electrons. The molecule has 0 spiro atoms. The molecule has 0 aromatic heterocycles. The molecule has 0 N–H and O–H groups in total. The summed E-state index contributed by atoms with van der Waals surface area (Å²) in [6.45, 7) is 1.23. The Kier molecular flexibility index (Phi) is 4.70. The van der Waals surface area contributed by atoms with Crippen LogP contribution in [0.1, 0.15) is 52.8 Å². The number of nitrogens with zero attached hydrogens (tertiary/aromatic N) is 2. The first kappa shape index (κ1) is 17.8. The maximum Gasteiger partial charge on any atom is 0.262 e. The Morgan fingerprint density at radius 3 is 2.15 bits per heavy atom. The highest BCUT2D eigenvalue weighted by atomic mass is 35.5. The molecule has 1 saturated heterocycles. The predicted molar refractivity (Wildman–Crippen MR) is 98.5 cm³/mol. The Bertz CT molecular complexity index is 754. The number of likely N-dealkylation sites (tertiary alicyclic amines) is 1. The number of fused-ring (bicyclic) bond motifs is 2. The van der Waals surface area contributed by atoms with E-state index in [0.717, 1.165) is 23.8 Å². The molecular weight excluding hydrogens is 375 g/mol. The molecule has 2 fully saturated rings. The fraction of sp³-hybridized carbons (Fsp3) is 0.526. The van der Waals surface area contributed by atoms with Crippen LogP contribution < -0.4 is 0 Å². The van der Waals surface area contributed by atoms with Crippen molar-refractivity contribution in [1.29, 1.82) is 0 Å². The molecule has 1 aromatic carbocycles. The lowest BCUT2D eigenvalue weighted by molar-refractivity contribution is -0.134. The van der Waals surface area contributed by atoms with E-state index in [1.807, 2.05) is 4.90 Å². The van der Waals surface area contributed by atoms with Gasteiger partial charge in [0.05, 0.1) is 21.2 Å². The zero-order chi connectivity index (χ0) is 18.4. The van der Waals surface area contributed by atoms with Crippen LogP contribution in [0.25, 0.3) is 0 Å². The predicted octanol–water partition coefficient (Wildman–Crippen LogP) is 3.63. The molecule has 4 rings (SSSR count). The van der Waals surface area contributed by atoms with Crippen molar-refractivity contribution < 1.29 is 14.4 Å². The quantitative estimate of drug-likeness (QED) is 0.719. The maximum atomic E-state index is 12.7. The van der Waals surface area contributed by atoms with Gasteiger partial charge in [0.15, 0.2) is 0 Å². The van der Waals surface area contributed by atoms with E-state index in [4.69, 9.17) is 23.2 Å². The van der Waals surface area contributed by atoms with Crippen LogP contribution in [0.15, 0.2) is 12.1 Å². The summed E-state index contributed by atoms with van der Waals surface area (Å²) in [4.78, 5) is 40.7. The van der Waals surface area contributed by atoms with E-state index >= 15 is 0 Å². The molecule has 2 heterocycles. The second-order valence-electron chi connectivity index (χ2n) is 7.44. The van der Waals surface area contributed by atoms with E-state index < -0.39 is 11.8 Å². The van der Waals surface area contributed by atoms with Crippen LogP contribution in [-0.2, 0) is 4.79 Å². The van der Waals surface area contributed by atoms with Gasteiger partial charge in [-0.2, -0.15) is 0 Å². The summed E-state index contributed by atoms with van der Waals surface area (Å²) in [6, 6.07) is 2.80. The molecule has 1 aromatic rings. The fourth-order valence-electron chi connectivity index (χ4n) is 4.49. The third kappa shape index (κ3) is 3.01. The van der Waals surface area contributed by atoms with Crippen molar-refractivity contribution in [1.82, 2.24) is 9.80 Å². The van der Waals surface area contributed by atoms with Crippen LogP contribution in [0.2, 0.25) is 10.0 Å². The van der Waals surface area contributed by atoms with E-state index in [1.165, 1.54) is 37.8 Å². The van der Waals surface area contributed by atoms with E-state index in [0.29, 0.717) is 12.5 Å². The third-order valence-electron chi connectivity index (χ3n) is 5.95. The summed E-state index contributed by atoms with van der Waals surface area (Å²) in [6.07, 6.45) is 5.95. The second-order valence-corrected chi connectivity index (χ2v) is 8.26. The molecule has 26 heavy (non-hydrogen) atoms. The first-order chi connectivity index (χ1) is 12.5. The lowest BCUT2D eigenvalue weighted by Crippen LogP contribution is -2.49. The smallest absolute Gasteiger partial charge is 0.262 e. The molecule has 7 heteroatoms. The fourth-order valence-corrected chi connectivity index (χ4v) is 4.82. The van der Waals surface area contributed by atoms with E-state index in [2.05, 4.69) is 0 Å². The minimum atomic E-state index is -0.482. The van der Waals surface area contributed by atoms with Crippen molar-refractivity contribution in [2.24, 2.45) is 11.8 Å². The summed E-state index contributed by atoms with van der Waals surface area (Å²) in [5.74, 6) is 0.146. The van der Waals surface area contributed by atoms with Crippen LogP contribution >= 0.6 is 23.2 Å². The number of amides is 3. The molecular formula is C19H20Cl2N2O3. The minimum absolute atomic E-state index is 0.166. The number of imide groups is 1. The van der Waals surface area contributed by atoms with Crippen LogP contribution in [0.4, 0.5) is 0 Å². The molecule has 1 aliphatic carbocycles. The Labute approximate surface area is 162 Å². The number of carbonyl (C=O) groups excluding carboxylic acids is 3. The lowest BCUT2D eigenvalue weighted by atomic mass is 9.75. The average Bonchev–Trinajstić information content (AvgIpc) is 2.86. The van der Waals surface area contributed by atoms with Crippen molar-refractivity contribution >= 4 is 40.9 Å². The third-order valence-corrected chi connectivity index (χ3v) is 6.67. The van der Waals surface area contributed by atoms with Gasteiger partial charge >= 0.3 is 0 Å². The summed E-state index contributed by atoms with van der Waals surface area (Å²) in [5.41, 5.74) is 0.423. The average molecular weight is 395 g/mol. The van der Waals surface area contributed by atoms with E-state index in [1.54, 1.807) is 0 Å². The molecule has 3 aliphatic rings. The zero-order valence-corrected chi connectivity index (χ0v) is 15.9. The standard InChI is InChI=1S/C19H20Cl2N2O3/c20-15-7-13-14(8-16(15)21)19(26)23(18(13)25)10-17(24)22-6-5-11-3-1-2-4-12(11)9-22/h7-8,11-12H,1-6,9-10H2/t11-,12-/m1/s1. The first-order valence-electron chi connectivity index (χ1n) is 9.08. The zero-order valence-electron chi connectivity index (χ0n) is 14.3. The van der Waals surface area contributed by atoms with Crippen LogP contribution in [0.5, 0.6) is 0 Å². The van der Waals surface area contributed by atoms with Gasteiger partial charge in [-0.3, -0.25) is 19.3 Å². The summed E-state index contributed by atoms with van der Waals surface area (Å²) < 4.78 is 0. The molecule has 0 unspecified atom stereocenters. The van der Waals surface area contributed by atoms with Gasteiger partial charge < -0.3 is 4.90 Å². The lowest BCUT2D eigenvalue weighted by Gasteiger charge is -2.41. The van der Waals surface area contributed by atoms with E-state index in [-0.39, 0.29) is 33.6 Å². The van der Waals surface area contributed by atoms with Crippen molar-refractivity contribution in [2.45, 2.75) is 32.1 Å². The normalized spacial score (nSPS) is 25.3. The number of hydrogen-bond donors (Lipinski definition) is 0. The Morgan fingerprint density at radius 1 is 0.962 bits per heavy atom. The van der Waals surface area contributed by atoms with Crippen molar-refractivity contribution in [3.63, 3.8) is 0 Å². The number of halogens is 2. The van der Waals surface area contributed by atoms with E-state index in [9.17, 15) is 14.4 Å². The largest absolute Gasteiger partial charge is 0.341 e. The Balaban J connectivity index is 1.47. The molecule has 1 saturated carbocycles. The van der Waals surface area contributed by atoms with Gasteiger partial charge in [-0.1, -0.05) is 42.5 Å². The molecule has 5 nitrogen and oxygen atoms in total. The first-order valence-corrected chi connectivity index (χ1v) is 9.84. The van der Waals surface area contributed by atoms with Crippen LogP contribution in [0.3, 0.4) is 0 Å². The molecule has 0 radical (unpaired) electrons. The molecule has 0 bridgehead atoms. The second kappa shape index (κ2) is 6.86. The van der Waals surface area contributed by atoms with Crippen LogP contribution in [-0.4, -0.2) is 47.2 Å². The van der Waals surface area contributed by atoms with Gasteiger partial charge in [0.2, 0.25) is 5.91 Å². The number of hydrogen-bond acceptors (Lipinski definition) is 3. The number of rotatable bonds is 2. The number of piperidine rings is 1. The molecule has 2 aliphatic heterocycles. The van der Waals surface area contributed by atoms with Gasteiger partial charge in [-0.25, -0.2) is 0 Å². The summed E-state index contributed by atoms with van der Waals surface area (Å²) in [7, 11) is 0. The van der Waals surface area contributed by atoms with Crippen LogP contribution in [0, 0.1) is 11.8 Å². The summed E-state index contributed by atoms with van der Waals surface area (Å²) in [5, 5.41) is 0.443. The monoisotopic (exact) mass is 394 g/mol.